The van der Waals surface area contributed by atoms with Gasteiger partial charge in [-0.25, -0.2) is 0 Å². The summed E-state index contributed by atoms with van der Waals surface area (Å²) in [6, 6.07) is 3.47. The number of pyridine rings is 1. The highest BCUT2D eigenvalue weighted by Crippen LogP contribution is 2.06. The van der Waals surface area contributed by atoms with Gasteiger partial charge in [0.25, 0.3) is 0 Å². The number of hydrogen-bond donors (Lipinski definition) is 1. The molecule has 0 spiro atoms. The molecule has 0 radical (unpaired) electrons. The zero-order valence-electron chi connectivity index (χ0n) is 6.95. The number of hydrogen-bond acceptors (Lipinski definition) is 2. The van der Waals surface area contributed by atoms with E-state index in [0.717, 1.165) is 18.5 Å². The third-order valence-electron chi connectivity index (χ3n) is 1.57. The number of carbonyl (C=O) groups excluding carboxylic acids is 1. The quantitative estimate of drug-likeness (QED) is 0.724. The van der Waals surface area contributed by atoms with Gasteiger partial charge in [-0.2, -0.15) is 0 Å². The third kappa shape index (κ3) is 2.34. The van der Waals surface area contributed by atoms with Gasteiger partial charge in [-0.05, 0) is 18.6 Å². The Morgan fingerprint density at radius 1 is 1.67 bits per heavy atom. The van der Waals surface area contributed by atoms with Gasteiger partial charge in [0.2, 0.25) is 5.12 Å². The molecule has 1 heterocycles. The van der Waals surface area contributed by atoms with Crippen LogP contribution in [-0.4, -0.2) is 10.1 Å². The standard InChI is InChI=1S/C9H11NOS/c1-2-3-8-6-7(9(11)12)4-5-10-8/h4-6H,2-3H2,1H3,(H,11,12). The Labute approximate surface area is 77.4 Å². The Kier molecular flexibility index (Phi) is 3.29. The van der Waals surface area contributed by atoms with E-state index in [1.807, 2.05) is 0 Å². The average Bonchev–Trinajstić information content (AvgIpc) is 2.05. The van der Waals surface area contributed by atoms with Crippen molar-refractivity contribution in [3.8, 4) is 0 Å². The maximum absolute atomic E-state index is 10.8. The molecule has 0 saturated carbocycles. The van der Waals surface area contributed by atoms with E-state index in [4.69, 9.17) is 0 Å². The van der Waals surface area contributed by atoms with Crippen molar-refractivity contribution in [2.75, 3.05) is 0 Å². The monoisotopic (exact) mass is 181 g/mol. The van der Waals surface area contributed by atoms with Crippen LogP contribution in [-0.2, 0) is 6.42 Å². The summed E-state index contributed by atoms with van der Waals surface area (Å²) in [6.45, 7) is 2.08. The highest BCUT2D eigenvalue weighted by Gasteiger charge is 2.00. The number of carbonyl (C=O) groups is 1. The second kappa shape index (κ2) is 4.26. The van der Waals surface area contributed by atoms with Crippen LogP contribution in [0.25, 0.3) is 0 Å². The molecule has 0 aromatic carbocycles. The molecule has 2 nitrogen and oxygen atoms in total. The molecule has 0 unspecified atom stereocenters. The highest BCUT2D eigenvalue weighted by molar-refractivity contribution is 7.97. The van der Waals surface area contributed by atoms with Gasteiger partial charge < -0.3 is 0 Å². The minimum absolute atomic E-state index is 0.199. The Morgan fingerprint density at radius 2 is 2.42 bits per heavy atom. The molecular formula is C9H11NOS. The summed E-state index contributed by atoms with van der Waals surface area (Å²) in [7, 11) is 0. The molecule has 1 rings (SSSR count). The molecule has 12 heavy (non-hydrogen) atoms. The van der Waals surface area contributed by atoms with Crippen LogP contribution in [0.3, 0.4) is 0 Å². The Bertz CT molecular complexity index is 286. The number of rotatable bonds is 3. The smallest absolute Gasteiger partial charge is 0.216 e. The molecule has 0 aliphatic rings. The highest BCUT2D eigenvalue weighted by atomic mass is 32.1. The normalized spacial score (nSPS) is 9.83. The van der Waals surface area contributed by atoms with Crippen molar-refractivity contribution in [1.29, 1.82) is 0 Å². The minimum Gasteiger partial charge on any atom is -0.282 e. The molecule has 0 atom stereocenters. The third-order valence-corrected chi connectivity index (χ3v) is 1.83. The number of aromatic nitrogens is 1. The van der Waals surface area contributed by atoms with Gasteiger partial charge in [-0.15, -0.1) is 12.6 Å². The van der Waals surface area contributed by atoms with Crippen molar-refractivity contribution >= 4 is 17.7 Å². The van der Waals surface area contributed by atoms with Crippen molar-refractivity contribution in [2.24, 2.45) is 0 Å². The van der Waals surface area contributed by atoms with Crippen LogP contribution < -0.4 is 0 Å². The zero-order chi connectivity index (χ0) is 8.97. The van der Waals surface area contributed by atoms with Gasteiger partial charge in [0.15, 0.2) is 0 Å². The first kappa shape index (κ1) is 9.26. The predicted molar refractivity (Wildman–Crippen MR) is 51.5 cm³/mol. The maximum Gasteiger partial charge on any atom is 0.216 e. The van der Waals surface area contributed by atoms with E-state index in [2.05, 4.69) is 24.5 Å². The summed E-state index contributed by atoms with van der Waals surface area (Å²) >= 11 is 3.74. The second-order valence-electron chi connectivity index (χ2n) is 2.59. The van der Waals surface area contributed by atoms with Gasteiger partial charge in [-0.3, -0.25) is 9.78 Å². The van der Waals surface area contributed by atoms with E-state index >= 15 is 0 Å². The largest absolute Gasteiger partial charge is 0.282 e. The molecule has 0 amide bonds. The van der Waals surface area contributed by atoms with Gasteiger partial charge >= 0.3 is 0 Å². The summed E-state index contributed by atoms with van der Waals surface area (Å²) in [4.78, 5) is 15.0. The van der Waals surface area contributed by atoms with Gasteiger partial charge in [0.05, 0.1) is 0 Å². The fourth-order valence-corrected chi connectivity index (χ4v) is 1.14. The first-order chi connectivity index (χ1) is 5.74. The van der Waals surface area contributed by atoms with Crippen molar-refractivity contribution in [3.63, 3.8) is 0 Å². The average molecular weight is 181 g/mol. The Morgan fingerprint density at radius 3 is 3.00 bits per heavy atom. The van der Waals surface area contributed by atoms with Gasteiger partial charge in [-0.1, -0.05) is 13.3 Å². The van der Waals surface area contributed by atoms with Crippen LogP contribution in [0, 0.1) is 0 Å². The molecule has 3 heteroatoms. The molecule has 1 aromatic rings. The van der Waals surface area contributed by atoms with Crippen LogP contribution in [0.2, 0.25) is 0 Å². The van der Waals surface area contributed by atoms with Gasteiger partial charge in [0, 0.05) is 17.5 Å². The van der Waals surface area contributed by atoms with Gasteiger partial charge in [0.1, 0.15) is 0 Å². The van der Waals surface area contributed by atoms with Crippen LogP contribution in [0.4, 0.5) is 0 Å². The summed E-state index contributed by atoms with van der Waals surface area (Å²) in [5.74, 6) is 0. The molecule has 0 fully saturated rings. The molecular weight excluding hydrogens is 170 g/mol. The summed E-state index contributed by atoms with van der Waals surface area (Å²) in [6.07, 6.45) is 3.60. The predicted octanol–water partition coefficient (Wildman–Crippen LogP) is 2.10. The van der Waals surface area contributed by atoms with E-state index in [9.17, 15) is 4.79 Å². The van der Waals surface area contributed by atoms with E-state index in [-0.39, 0.29) is 5.12 Å². The molecule has 0 aliphatic carbocycles. The lowest BCUT2D eigenvalue weighted by Crippen LogP contribution is -1.94. The van der Waals surface area contributed by atoms with Crippen LogP contribution in [0.5, 0.6) is 0 Å². The SMILES string of the molecule is CCCc1cc(C(=O)S)ccn1. The fourth-order valence-electron chi connectivity index (χ4n) is 1.00. The minimum atomic E-state index is -0.199. The first-order valence-electron chi connectivity index (χ1n) is 3.92. The van der Waals surface area contributed by atoms with Crippen LogP contribution >= 0.6 is 12.6 Å². The lowest BCUT2D eigenvalue weighted by Gasteiger charge is -1.98. The Hall–Kier alpha value is -0.830. The zero-order valence-corrected chi connectivity index (χ0v) is 7.84. The number of nitrogens with zero attached hydrogens (tertiary/aromatic N) is 1. The molecule has 0 saturated heterocycles. The summed E-state index contributed by atoms with van der Waals surface area (Å²) in [5, 5.41) is -0.199. The number of thiol groups is 1. The van der Waals surface area contributed by atoms with E-state index in [1.54, 1.807) is 18.3 Å². The van der Waals surface area contributed by atoms with Crippen LogP contribution in [0.15, 0.2) is 18.3 Å². The van der Waals surface area contributed by atoms with Crippen LogP contribution in [0.1, 0.15) is 29.4 Å². The summed E-state index contributed by atoms with van der Waals surface area (Å²) in [5.41, 5.74) is 1.58. The fraction of sp³-hybridized carbons (Fsp3) is 0.333. The van der Waals surface area contributed by atoms with E-state index in [1.165, 1.54) is 0 Å². The Balaban J connectivity index is 2.88. The maximum atomic E-state index is 10.8. The molecule has 0 bridgehead atoms. The van der Waals surface area contributed by atoms with Crippen molar-refractivity contribution in [1.82, 2.24) is 4.98 Å². The van der Waals surface area contributed by atoms with Crippen molar-refractivity contribution < 1.29 is 4.79 Å². The summed E-state index contributed by atoms with van der Waals surface area (Å²) < 4.78 is 0. The van der Waals surface area contributed by atoms with Crippen molar-refractivity contribution in [2.45, 2.75) is 19.8 Å². The van der Waals surface area contributed by atoms with Crippen molar-refractivity contribution in [3.05, 3.63) is 29.6 Å². The second-order valence-corrected chi connectivity index (χ2v) is 3.00. The molecule has 64 valence electrons. The van der Waals surface area contributed by atoms with E-state index in [0.29, 0.717) is 5.56 Å². The first-order valence-corrected chi connectivity index (χ1v) is 4.37. The van der Waals surface area contributed by atoms with E-state index < -0.39 is 0 Å². The molecule has 0 N–H and O–H groups in total. The molecule has 1 aromatic heterocycles. The lowest BCUT2D eigenvalue weighted by molar-refractivity contribution is 0.109. The topological polar surface area (TPSA) is 30.0 Å². The number of aryl methyl sites for hydroxylation is 1. The lowest BCUT2D eigenvalue weighted by atomic mass is 10.2. The molecule has 0 aliphatic heterocycles.